The van der Waals surface area contributed by atoms with Gasteiger partial charge in [0, 0.05) is 5.75 Å². The largest absolute Gasteiger partial charge is 0.389 e. The summed E-state index contributed by atoms with van der Waals surface area (Å²) < 4.78 is 37.2. The van der Waals surface area contributed by atoms with Gasteiger partial charge >= 0.3 is 6.18 Å². The highest BCUT2D eigenvalue weighted by molar-refractivity contribution is 7.97. The summed E-state index contributed by atoms with van der Waals surface area (Å²) in [6, 6.07) is 0. The Balaban J connectivity index is 2.15. The number of hydrogen-bond donors (Lipinski definition) is 1. The lowest BCUT2D eigenvalue weighted by Gasteiger charge is -2.05. The molecule has 17 heavy (non-hydrogen) atoms. The monoisotopic (exact) mass is 264 g/mol. The predicted octanol–water partition coefficient (Wildman–Crippen LogP) is 1.57. The quantitative estimate of drug-likeness (QED) is 0.914. The summed E-state index contributed by atoms with van der Waals surface area (Å²) in [6.07, 6.45) is -2.62. The third-order valence-corrected chi connectivity index (χ3v) is 2.86. The van der Waals surface area contributed by atoms with Gasteiger partial charge in [-0.2, -0.15) is 13.2 Å². The van der Waals surface area contributed by atoms with E-state index < -0.39 is 18.2 Å². The summed E-state index contributed by atoms with van der Waals surface area (Å²) in [6.45, 7) is 0. The van der Waals surface area contributed by atoms with Gasteiger partial charge in [0.15, 0.2) is 11.2 Å². The van der Waals surface area contributed by atoms with Crippen LogP contribution in [0.1, 0.15) is 6.42 Å². The molecule has 0 saturated heterocycles. The van der Waals surface area contributed by atoms with Crippen molar-refractivity contribution in [2.75, 3.05) is 5.75 Å². The minimum Gasteiger partial charge on any atom is -0.311 e. The molecule has 5 nitrogen and oxygen atoms in total. The highest BCUT2D eigenvalue weighted by atomic mass is 32.2. The molecule has 0 unspecified atom stereocenters. The number of alkyl halides is 3. The molecule has 0 spiro atoms. The Labute approximate surface area is 97.2 Å². The van der Waals surface area contributed by atoms with Crippen LogP contribution in [0.4, 0.5) is 13.2 Å². The molecule has 92 valence electrons. The summed E-state index contributed by atoms with van der Waals surface area (Å²) >= 11 is 0.911. The van der Waals surface area contributed by atoms with Gasteiger partial charge in [0.1, 0.15) is 6.33 Å². The first-order chi connectivity index (χ1) is 7.97. The van der Waals surface area contributed by atoms with Gasteiger partial charge in [-0.05, 0) is 11.9 Å². The van der Waals surface area contributed by atoms with Crippen LogP contribution in [0.25, 0.3) is 11.2 Å². The first-order valence-electron chi connectivity index (χ1n) is 4.58. The van der Waals surface area contributed by atoms with E-state index in [-0.39, 0.29) is 16.9 Å². The van der Waals surface area contributed by atoms with Crippen LogP contribution in [0, 0.1) is 0 Å². The molecule has 0 radical (unpaired) electrons. The van der Waals surface area contributed by atoms with E-state index in [1.54, 1.807) is 0 Å². The molecule has 2 heterocycles. The fourth-order valence-electron chi connectivity index (χ4n) is 1.18. The first kappa shape index (κ1) is 12.0. The van der Waals surface area contributed by atoms with Crippen molar-refractivity contribution in [3.8, 4) is 0 Å². The molecule has 1 N–H and O–H groups in total. The Kier molecular flexibility index (Phi) is 3.09. The van der Waals surface area contributed by atoms with Gasteiger partial charge in [-0.3, -0.25) is 8.77 Å². The fraction of sp³-hybridized carbons (Fsp3) is 0.375. The van der Waals surface area contributed by atoms with E-state index in [0.29, 0.717) is 0 Å². The molecule has 0 amide bonds. The van der Waals surface area contributed by atoms with Crippen molar-refractivity contribution in [1.29, 1.82) is 0 Å². The number of hydrogen-bond acceptors (Lipinski definition) is 4. The Morgan fingerprint density at radius 3 is 2.88 bits per heavy atom. The van der Waals surface area contributed by atoms with E-state index in [0.717, 1.165) is 11.9 Å². The third kappa shape index (κ3) is 2.78. The SMILES string of the molecule is O=c1[nH]cnc2c1ncn2SCCC(F)(F)F. The topological polar surface area (TPSA) is 63.6 Å². The van der Waals surface area contributed by atoms with Gasteiger partial charge in [-0.15, -0.1) is 0 Å². The molecule has 0 aliphatic rings. The molecular formula is C8H7F3N4OS. The van der Waals surface area contributed by atoms with Crippen molar-refractivity contribution in [3.05, 3.63) is 23.0 Å². The van der Waals surface area contributed by atoms with Crippen molar-refractivity contribution >= 4 is 23.1 Å². The van der Waals surface area contributed by atoms with Gasteiger partial charge in [0.25, 0.3) is 5.56 Å². The van der Waals surface area contributed by atoms with E-state index in [1.807, 2.05) is 0 Å². The second-order valence-corrected chi connectivity index (χ2v) is 4.23. The average molecular weight is 264 g/mol. The highest BCUT2D eigenvalue weighted by Gasteiger charge is 2.26. The summed E-state index contributed by atoms with van der Waals surface area (Å²) in [4.78, 5) is 21.2. The van der Waals surface area contributed by atoms with E-state index in [2.05, 4.69) is 15.0 Å². The smallest absolute Gasteiger partial charge is 0.311 e. The second-order valence-electron chi connectivity index (χ2n) is 3.17. The van der Waals surface area contributed by atoms with Crippen LogP contribution < -0.4 is 5.56 Å². The summed E-state index contributed by atoms with van der Waals surface area (Å²) in [5.41, 5.74) is -0.0295. The van der Waals surface area contributed by atoms with Crippen LogP contribution in [-0.4, -0.2) is 30.9 Å². The lowest BCUT2D eigenvalue weighted by Crippen LogP contribution is -2.09. The van der Waals surface area contributed by atoms with Crippen molar-refractivity contribution in [2.45, 2.75) is 12.6 Å². The molecule has 0 atom stereocenters. The molecule has 9 heteroatoms. The minimum absolute atomic E-state index is 0.118. The number of imidazole rings is 1. The Morgan fingerprint density at radius 1 is 1.41 bits per heavy atom. The van der Waals surface area contributed by atoms with Crippen LogP contribution in [0.3, 0.4) is 0 Å². The molecule has 0 bridgehead atoms. The molecule has 0 saturated carbocycles. The maximum Gasteiger partial charge on any atom is 0.389 e. The predicted molar refractivity (Wildman–Crippen MR) is 56.7 cm³/mol. The first-order valence-corrected chi connectivity index (χ1v) is 5.52. The van der Waals surface area contributed by atoms with Crippen LogP contribution in [0.2, 0.25) is 0 Å². The number of aromatic nitrogens is 4. The normalized spacial score (nSPS) is 12.2. The summed E-state index contributed by atoms with van der Waals surface area (Å²) in [5.74, 6) is -0.149. The zero-order chi connectivity index (χ0) is 12.5. The molecular weight excluding hydrogens is 257 g/mol. The van der Waals surface area contributed by atoms with Gasteiger partial charge in [-0.1, -0.05) is 0 Å². The van der Waals surface area contributed by atoms with Crippen LogP contribution in [0.5, 0.6) is 0 Å². The summed E-state index contributed by atoms with van der Waals surface area (Å²) in [7, 11) is 0. The Bertz CT molecular complexity index is 576. The maximum absolute atomic E-state index is 12.0. The van der Waals surface area contributed by atoms with E-state index in [9.17, 15) is 18.0 Å². The van der Waals surface area contributed by atoms with Crippen LogP contribution in [0.15, 0.2) is 17.4 Å². The lowest BCUT2D eigenvalue weighted by atomic mass is 10.5. The molecule has 0 fully saturated rings. The lowest BCUT2D eigenvalue weighted by molar-refractivity contribution is -0.129. The number of nitrogens with zero attached hydrogens (tertiary/aromatic N) is 3. The van der Waals surface area contributed by atoms with E-state index in [4.69, 9.17) is 0 Å². The van der Waals surface area contributed by atoms with Gasteiger partial charge in [-0.25, -0.2) is 9.97 Å². The number of halogens is 3. The van der Waals surface area contributed by atoms with Crippen molar-refractivity contribution < 1.29 is 13.2 Å². The van der Waals surface area contributed by atoms with Crippen molar-refractivity contribution in [3.63, 3.8) is 0 Å². The molecule has 0 aliphatic carbocycles. The highest BCUT2D eigenvalue weighted by Crippen LogP contribution is 2.23. The second kappa shape index (κ2) is 4.40. The number of fused-ring (bicyclic) bond motifs is 1. The number of H-pyrrole nitrogens is 1. The van der Waals surface area contributed by atoms with Crippen LogP contribution >= 0.6 is 11.9 Å². The number of aromatic amines is 1. The molecule has 2 rings (SSSR count). The Morgan fingerprint density at radius 2 is 2.18 bits per heavy atom. The zero-order valence-electron chi connectivity index (χ0n) is 8.36. The maximum atomic E-state index is 12.0. The molecule has 0 aliphatic heterocycles. The van der Waals surface area contributed by atoms with Crippen LogP contribution in [-0.2, 0) is 0 Å². The van der Waals surface area contributed by atoms with Gasteiger partial charge in [0.2, 0.25) is 0 Å². The minimum atomic E-state index is -4.19. The van der Waals surface area contributed by atoms with E-state index in [1.165, 1.54) is 16.6 Å². The van der Waals surface area contributed by atoms with E-state index >= 15 is 0 Å². The van der Waals surface area contributed by atoms with Crippen molar-refractivity contribution in [1.82, 2.24) is 18.9 Å². The molecule has 2 aromatic heterocycles. The average Bonchev–Trinajstić information content (AvgIpc) is 2.61. The zero-order valence-corrected chi connectivity index (χ0v) is 9.18. The third-order valence-electron chi connectivity index (χ3n) is 1.93. The van der Waals surface area contributed by atoms with Gasteiger partial charge in [0.05, 0.1) is 12.7 Å². The summed E-state index contributed by atoms with van der Waals surface area (Å²) in [5, 5.41) is 0. The fourth-order valence-corrected chi connectivity index (χ4v) is 2.07. The van der Waals surface area contributed by atoms with Gasteiger partial charge < -0.3 is 4.98 Å². The Hall–Kier alpha value is -1.51. The number of nitrogens with one attached hydrogen (secondary N) is 1. The molecule has 2 aromatic rings. The molecule has 0 aromatic carbocycles. The number of rotatable bonds is 3. The standard InChI is InChI=1S/C8H7F3N4OS/c9-8(10,11)1-2-17-15-4-14-5-6(15)12-3-13-7(5)16/h3-4H,1-2H2,(H,12,13,16). The van der Waals surface area contributed by atoms with Crippen molar-refractivity contribution in [2.24, 2.45) is 0 Å².